The quantitative estimate of drug-likeness (QED) is 0.809. The lowest BCUT2D eigenvalue weighted by atomic mass is 10.2. The molecular formula is C16H17NO3. The number of carbonyl (C=O) groups is 1. The van der Waals surface area contributed by atoms with Gasteiger partial charge in [-0.3, -0.25) is 0 Å². The van der Waals surface area contributed by atoms with E-state index >= 15 is 0 Å². The average molecular weight is 271 g/mol. The van der Waals surface area contributed by atoms with Gasteiger partial charge < -0.3 is 14.5 Å². The molecule has 0 fully saturated rings. The molecule has 0 aliphatic heterocycles. The molecule has 0 bridgehead atoms. The Morgan fingerprint density at radius 1 is 1.35 bits per heavy atom. The number of benzene rings is 1. The van der Waals surface area contributed by atoms with Gasteiger partial charge in [0.25, 0.3) is 0 Å². The molecule has 0 spiro atoms. The van der Waals surface area contributed by atoms with Crippen molar-refractivity contribution in [1.29, 1.82) is 0 Å². The van der Waals surface area contributed by atoms with Gasteiger partial charge in [-0.1, -0.05) is 11.8 Å². The molecule has 0 aliphatic rings. The Hall–Kier alpha value is -2.41. The molecule has 4 heteroatoms. The Morgan fingerprint density at radius 2 is 2.15 bits per heavy atom. The highest BCUT2D eigenvalue weighted by Crippen LogP contribution is 2.16. The first-order valence-electron chi connectivity index (χ1n) is 6.37. The third-order valence-corrected chi connectivity index (χ3v) is 2.41. The molecule has 104 valence electrons. The third-order valence-electron chi connectivity index (χ3n) is 2.41. The van der Waals surface area contributed by atoms with Gasteiger partial charge in [-0.2, -0.15) is 0 Å². The van der Waals surface area contributed by atoms with Crippen LogP contribution >= 0.6 is 0 Å². The minimum absolute atomic E-state index is 0.248. The molecule has 2 rings (SSSR count). The monoisotopic (exact) mass is 271 g/mol. The zero-order valence-corrected chi connectivity index (χ0v) is 11.8. The fourth-order valence-corrected chi connectivity index (χ4v) is 1.62. The second-order valence-corrected chi connectivity index (χ2v) is 5.33. The number of rotatable bonds is 1. The van der Waals surface area contributed by atoms with Crippen LogP contribution in [-0.2, 0) is 4.74 Å². The lowest BCUT2D eigenvalue weighted by molar-refractivity contribution is 0.0535. The predicted molar refractivity (Wildman–Crippen MR) is 77.3 cm³/mol. The minimum Gasteiger partial charge on any atom is -0.464 e. The van der Waals surface area contributed by atoms with Gasteiger partial charge in [0, 0.05) is 10.9 Å². The summed E-state index contributed by atoms with van der Waals surface area (Å²) in [4.78, 5) is 11.4. The molecule has 0 radical (unpaired) electrons. The molecule has 0 aliphatic carbocycles. The Kier molecular flexibility index (Phi) is 3.99. The van der Waals surface area contributed by atoms with Crippen LogP contribution in [0.5, 0.6) is 0 Å². The minimum atomic E-state index is -0.496. The zero-order valence-electron chi connectivity index (χ0n) is 11.8. The van der Waals surface area contributed by atoms with Gasteiger partial charge >= 0.3 is 6.09 Å². The molecule has 1 aromatic carbocycles. The summed E-state index contributed by atoms with van der Waals surface area (Å²) in [5.41, 5.74) is 1.22. The molecule has 1 amide bonds. The van der Waals surface area contributed by atoms with Crippen LogP contribution in [0.2, 0.25) is 0 Å². The number of carbonyl (C=O) groups excluding carboxylic acids is 1. The smallest absolute Gasteiger partial charge is 0.408 e. The van der Waals surface area contributed by atoms with Crippen LogP contribution in [0.25, 0.3) is 11.0 Å². The van der Waals surface area contributed by atoms with Gasteiger partial charge in [-0.05, 0) is 45.0 Å². The van der Waals surface area contributed by atoms with Crippen LogP contribution in [0.1, 0.15) is 26.3 Å². The summed E-state index contributed by atoms with van der Waals surface area (Å²) in [6.07, 6.45) is 1.18. The Morgan fingerprint density at radius 3 is 2.90 bits per heavy atom. The van der Waals surface area contributed by atoms with Crippen molar-refractivity contribution in [2.45, 2.75) is 26.4 Å². The van der Waals surface area contributed by atoms with E-state index in [9.17, 15) is 4.79 Å². The molecule has 0 saturated carbocycles. The Balaban J connectivity index is 1.89. The molecule has 0 saturated heterocycles. The molecule has 1 heterocycles. The highest BCUT2D eigenvalue weighted by Gasteiger charge is 2.14. The maximum absolute atomic E-state index is 11.4. The summed E-state index contributed by atoms with van der Waals surface area (Å²) in [6.45, 7) is 5.70. The SMILES string of the molecule is CC(C)(C)OC(=O)NCC#Cc1ccc2occc2c1. The molecule has 20 heavy (non-hydrogen) atoms. The van der Waals surface area contributed by atoms with Crippen LogP contribution in [0, 0.1) is 11.8 Å². The van der Waals surface area contributed by atoms with Crippen LogP contribution in [0.4, 0.5) is 4.79 Å². The van der Waals surface area contributed by atoms with Gasteiger partial charge in [0.2, 0.25) is 0 Å². The molecule has 0 unspecified atom stereocenters. The van der Waals surface area contributed by atoms with E-state index in [1.807, 2.05) is 45.0 Å². The number of furan rings is 1. The molecule has 4 nitrogen and oxygen atoms in total. The second-order valence-electron chi connectivity index (χ2n) is 5.33. The van der Waals surface area contributed by atoms with Gasteiger partial charge in [0.05, 0.1) is 12.8 Å². The van der Waals surface area contributed by atoms with Crippen molar-refractivity contribution in [3.8, 4) is 11.8 Å². The summed E-state index contributed by atoms with van der Waals surface area (Å²) in [6, 6.07) is 7.59. The maximum Gasteiger partial charge on any atom is 0.408 e. The largest absolute Gasteiger partial charge is 0.464 e. The van der Waals surface area contributed by atoms with Gasteiger partial charge in [0.15, 0.2) is 0 Å². The molecule has 1 aromatic heterocycles. The number of amides is 1. The van der Waals surface area contributed by atoms with Gasteiger partial charge in [-0.15, -0.1) is 0 Å². The first-order chi connectivity index (χ1) is 9.44. The van der Waals surface area contributed by atoms with Crippen LogP contribution < -0.4 is 5.32 Å². The molecule has 1 N–H and O–H groups in total. The lowest BCUT2D eigenvalue weighted by Gasteiger charge is -2.18. The topological polar surface area (TPSA) is 51.5 Å². The van der Waals surface area contributed by atoms with Crippen molar-refractivity contribution < 1.29 is 13.9 Å². The van der Waals surface area contributed by atoms with E-state index < -0.39 is 11.7 Å². The number of hydrogen-bond donors (Lipinski definition) is 1. The van der Waals surface area contributed by atoms with Crippen molar-refractivity contribution in [3.63, 3.8) is 0 Å². The molecule has 0 atom stereocenters. The summed E-state index contributed by atoms with van der Waals surface area (Å²) in [5, 5.41) is 3.60. The average Bonchev–Trinajstić information content (AvgIpc) is 2.79. The van der Waals surface area contributed by atoms with Gasteiger partial charge in [0.1, 0.15) is 11.2 Å². The van der Waals surface area contributed by atoms with E-state index in [2.05, 4.69) is 17.2 Å². The fourth-order valence-electron chi connectivity index (χ4n) is 1.62. The van der Waals surface area contributed by atoms with Crippen molar-refractivity contribution in [2.24, 2.45) is 0 Å². The van der Waals surface area contributed by atoms with E-state index in [4.69, 9.17) is 9.15 Å². The Labute approximate surface area is 118 Å². The fraction of sp³-hybridized carbons (Fsp3) is 0.312. The van der Waals surface area contributed by atoms with E-state index in [1.165, 1.54) is 0 Å². The first-order valence-corrected chi connectivity index (χ1v) is 6.37. The molecule has 2 aromatic rings. The van der Waals surface area contributed by atoms with E-state index in [0.717, 1.165) is 16.5 Å². The predicted octanol–water partition coefficient (Wildman–Crippen LogP) is 3.31. The van der Waals surface area contributed by atoms with E-state index in [0.29, 0.717) is 0 Å². The van der Waals surface area contributed by atoms with Crippen LogP contribution in [-0.4, -0.2) is 18.2 Å². The van der Waals surface area contributed by atoms with Crippen molar-refractivity contribution in [1.82, 2.24) is 5.32 Å². The van der Waals surface area contributed by atoms with Gasteiger partial charge in [-0.25, -0.2) is 4.79 Å². The van der Waals surface area contributed by atoms with Crippen LogP contribution in [0.3, 0.4) is 0 Å². The summed E-state index contributed by atoms with van der Waals surface area (Å²) in [7, 11) is 0. The second kappa shape index (κ2) is 5.70. The highest BCUT2D eigenvalue weighted by molar-refractivity contribution is 5.78. The molecular weight excluding hydrogens is 254 g/mol. The first kappa shape index (κ1) is 14.0. The normalized spacial score (nSPS) is 10.8. The number of ether oxygens (including phenoxy) is 1. The zero-order chi connectivity index (χ0) is 14.6. The van der Waals surface area contributed by atoms with Crippen molar-refractivity contribution in [3.05, 3.63) is 36.1 Å². The summed E-state index contributed by atoms with van der Waals surface area (Å²) >= 11 is 0. The summed E-state index contributed by atoms with van der Waals surface area (Å²) in [5.74, 6) is 5.87. The van der Waals surface area contributed by atoms with E-state index in [1.54, 1.807) is 6.26 Å². The van der Waals surface area contributed by atoms with Crippen molar-refractivity contribution >= 4 is 17.1 Å². The number of alkyl carbamates (subject to hydrolysis) is 1. The summed E-state index contributed by atoms with van der Waals surface area (Å²) < 4.78 is 10.4. The third kappa shape index (κ3) is 4.06. The van der Waals surface area contributed by atoms with Crippen molar-refractivity contribution in [2.75, 3.05) is 6.54 Å². The highest BCUT2D eigenvalue weighted by atomic mass is 16.6. The number of nitrogens with one attached hydrogen (secondary N) is 1. The van der Waals surface area contributed by atoms with E-state index in [-0.39, 0.29) is 6.54 Å². The standard InChI is InChI=1S/C16H17NO3/c1-16(2,3)20-15(18)17-9-4-5-12-6-7-14-13(11-12)8-10-19-14/h6-8,10-11H,9H2,1-3H3,(H,17,18). The van der Waals surface area contributed by atoms with Crippen LogP contribution in [0.15, 0.2) is 34.9 Å². The number of fused-ring (bicyclic) bond motifs is 1. The number of hydrogen-bond acceptors (Lipinski definition) is 3. The lowest BCUT2D eigenvalue weighted by Crippen LogP contribution is -2.32. The maximum atomic E-state index is 11.4. The Bertz CT molecular complexity index is 668.